The molecule has 2 aromatic rings. The molecule has 1 unspecified atom stereocenters. The van der Waals surface area contributed by atoms with Crippen molar-refractivity contribution >= 4 is 11.6 Å². The second-order valence-electron chi connectivity index (χ2n) is 7.89. The van der Waals surface area contributed by atoms with Crippen LogP contribution in [0.25, 0.3) is 11.4 Å². The highest BCUT2D eigenvalue weighted by Crippen LogP contribution is 2.28. The maximum atomic E-state index is 4.97. The first kappa shape index (κ1) is 18.2. The molecule has 2 aliphatic rings. The monoisotopic (exact) mass is 365 g/mol. The van der Waals surface area contributed by atoms with Gasteiger partial charge in [-0.05, 0) is 25.3 Å². The SMILES string of the molecule is CCN1CCN(c2cc(N3CCCC(C)C3)nc(-c3ccccc3)n2)CC1. The second kappa shape index (κ2) is 8.26. The number of likely N-dealkylation sites (N-methyl/N-ethyl adjacent to an activating group) is 1. The van der Waals surface area contributed by atoms with Crippen LogP contribution < -0.4 is 9.80 Å². The molecule has 2 fully saturated rings. The van der Waals surface area contributed by atoms with E-state index in [9.17, 15) is 0 Å². The number of hydrogen-bond donors (Lipinski definition) is 0. The van der Waals surface area contributed by atoms with Crippen molar-refractivity contribution in [1.82, 2.24) is 14.9 Å². The summed E-state index contributed by atoms with van der Waals surface area (Å²) in [6.07, 6.45) is 2.56. The zero-order valence-electron chi connectivity index (χ0n) is 16.6. The number of anilines is 2. The Balaban J connectivity index is 1.66. The minimum absolute atomic E-state index is 0.727. The van der Waals surface area contributed by atoms with Crippen molar-refractivity contribution in [2.75, 3.05) is 55.6 Å². The van der Waals surface area contributed by atoms with E-state index >= 15 is 0 Å². The fourth-order valence-electron chi connectivity index (χ4n) is 4.15. The van der Waals surface area contributed by atoms with Crippen molar-refractivity contribution in [3.05, 3.63) is 36.4 Å². The van der Waals surface area contributed by atoms with Crippen molar-refractivity contribution in [3.63, 3.8) is 0 Å². The van der Waals surface area contributed by atoms with E-state index in [1.165, 1.54) is 12.8 Å². The minimum Gasteiger partial charge on any atom is -0.356 e. The van der Waals surface area contributed by atoms with Gasteiger partial charge in [-0.1, -0.05) is 44.2 Å². The summed E-state index contributed by atoms with van der Waals surface area (Å²) in [5.74, 6) is 3.74. The molecule has 0 N–H and O–H groups in total. The van der Waals surface area contributed by atoms with Crippen LogP contribution in [0.4, 0.5) is 11.6 Å². The summed E-state index contributed by atoms with van der Waals surface area (Å²) in [7, 11) is 0. The second-order valence-corrected chi connectivity index (χ2v) is 7.89. The van der Waals surface area contributed by atoms with Crippen LogP contribution in [0, 0.1) is 5.92 Å². The summed E-state index contributed by atoms with van der Waals surface area (Å²) in [4.78, 5) is 17.3. The van der Waals surface area contributed by atoms with E-state index in [2.05, 4.69) is 58.9 Å². The summed E-state index contributed by atoms with van der Waals surface area (Å²) in [5, 5.41) is 0. The van der Waals surface area contributed by atoms with Gasteiger partial charge >= 0.3 is 0 Å². The highest BCUT2D eigenvalue weighted by atomic mass is 15.3. The first-order valence-electron chi connectivity index (χ1n) is 10.4. The lowest BCUT2D eigenvalue weighted by Gasteiger charge is -2.36. The van der Waals surface area contributed by atoms with Crippen molar-refractivity contribution in [3.8, 4) is 11.4 Å². The van der Waals surface area contributed by atoms with Gasteiger partial charge in [-0.15, -0.1) is 0 Å². The predicted octanol–water partition coefficient (Wildman–Crippen LogP) is 3.52. The molecule has 0 spiro atoms. The Kier molecular flexibility index (Phi) is 5.58. The van der Waals surface area contributed by atoms with Crippen LogP contribution in [0.5, 0.6) is 0 Å². The first-order chi connectivity index (χ1) is 13.2. The molecule has 144 valence electrons. The topological polar surface area (TPSA) is 35.5 Å². The van der Waals surface area contributed by atoms with Crippen LogP contribution in [-0.2, 0) is 0 Å². The Morgan fingerprint density at radius 1 is 0.926 bits per heavy atom. The molecule has 0 aliphatic carbocycles. The molecular formula is C22H31N5. The zero-order valence-corrected chi connectivity index (χ0v) is 16.6. The normalized spacial score (nSPS) is 21.5. The van der Waals surface area contributed by atoms with Gasteiger partial charge in [-0.25, -0.2) is 9.97 Å². The smallest absolute Gasteiger partial charge is 0.163 e. The molecule has 2 saturated heterocycles. The van der Waals surface area contributed by atoms with Gasteiger partial charge in [0.05, 0.1) is 0 Å². The van der Waals surface area contributed by atoms with Gasteiger partial charge in [0.25, 0.3) is 0 Å². The van der Waals surface area contributed by atoms with E-state index < -0.39 is 0 Å². The molecule has 1 aromatic heterocycles. The molecular weight excluding hydrogens is 334 g/mol. The van der Waals surface area contributed by atoms with Crippen LogP contribution in [0.2, 0.25) is 0 Å². The summed E-state index contributed by atoms with van der Waals surface area (Å²) in [6, 6.07) is 12.6. The van der Waals surface area contributed by atoms with Crippen molar-refractivity contribution in [2.45, 2.75) is 26.7 Å². The fraction of sp³-hybridized carbons (Fsp3) is 0.545. The third-order valence-electron chi connectivity index (χ3n) is 5.86. The number of hydrogen-bond acceptors (Lipinski definition) is 5. The third-order valence-corrected chi connectivity index (χ3v) is 5.86. The molecule has 0 bridgehead atoms. The molecule has 5 heteroatoms. The lowest BCUT2D eigenvalue weighted by Crippen LogP contribution is -2.46. The van der Waals surface area contributed by atoms with E-state index in [4.69, 9.17) is 9.97 Å². The Morgan fingerprint density at radius 3 is 2.30 bits per heavy atom. The number of aromatic nitrogens is 2. The van der Waals surface area contributed by atoms with E-state index in [1.54, 1.807) is 0 Å². The molecule has 1 atom stereocenters. The van der Waals surface area contributed by atoms with Gasteiger partial charge in [-0.2, -0.15) is 0 Å². The van der Waals surface area contributed by atoms with Crippen LogP contribution in [-0.4, -0.2) is 60.7 Å². The van der Waals surface area contributed by atoms with E-state index in [1.807, 2.05) is 6.07 Å². The number of piperidine rings is 1. The number of rotatable bonds is 4. The zero-order chi connectivity index (χ0) is 18.6. The minimum atomic E-state index is 0.727. The van der Waals surface area contributed by atoms with Gasteiger partial charge in [0, 0.05) is 50.9 Å². The lowest BCUT2D eigenvalue weighted by molar-refractivity contribution is 0.270. The van der Waals surface area contributed by atoms with Crippen LogP contribution in [0.3, 0.4) is 0 Å². The quantitative estimate of drug-likeness (QED) is 0.828. The van der Waals surface area contributed by atoms with Crippen molar-refractivity contribution < 1.29 is 0 Å². The molecule has 5 nitrogen and oxygen atoms in total. The summed E-state index contributed by atoms with van der Waals surface area (Å²) in [5.41, 5.74) is 1.10. The first-order valence-corrected chi connectivity index (χ1v) is 10.4. The predicted molar refractivity (Wildman–Crippen MR) is 112 cm³/mol. The molecule has 3 heterocycles. The summed E-state index contributed by atoms with van der Waals surface area (Å²) >= 11 is 0. The fourth-order valence-corrected chi connectivity index (χ4v) is 4.15. The average molecular weight is 366 g/mol. The molecule has 1 aromatic carbocycles. The summed E-state index contributed by atoms with van der Waals surface area (Å²) < 4.78 is 0. The molecule has 0 amide bonds. The number of nitrogens with zero attached hydrogens (tertiary/aromatic N) is 5. The van der Waals surface area contributed by atoms with Gasteiger partial charge in [0.2, 0.25) is 0 Å². The van der Waals surface area contributed by atoms with Crippen LogP contribution >= 0.6 is 0 Å². The Morgan fingerprint density at radius 2 is 1.63 bits per heavy atom. The maximum absolute atomic E-state index is 4.97. The maximum Gasteiger partial charge on any atom is 0.163 e. The molecule has 4 rings (SSSR count). The van der Waals surface area contributed by atoms with Gasteiger partial charge in [0.15, 0.2) is 5.82 Å². The lowest BCUT2D eigenvalue weighted by atomic mass is 10.0. The third kappa shape index (κ3) is 4.24. The average Bonchev–Trinajstić information content (AvgIpc) is 2.74. The van der Waals surface area contributed by atoms with Gasteiger partial charge < -0.3 is 14.7 Å². The standard InChI is InChI=1S/C22H31N5/c1-3-25-12-14-26(15-13-25)20-16-21(27-11-7-8-18(2)17-27)24-22(23-20)19-9-5-4-6-10-19/h4-6,9-10,16,18H,3,7-8,11-15,17H2,1-2H3. The summed E-state index contributed by atoms with van der Waals surface area (Å²) in [6.45, 7) is 12.2. The number of piperazine rings is 1. The van der Waals surface area contributed by atoms with Crippen LogP contribution in [0.1, 0.15) is 26.7 Å². The highest BCUT2D eigenvalue weighted by molar-refractivity contribution is 5.62. The van der Waals surface area contributed by atoms with Crippen molar-refractivity contribution in [1.29, 1.82) is 0 Å². The van der Waals surface area contributed by atoms with E-state index in [-0.39, 0.29) is 0 Å². The largest absolute Gasteiger partial charge is 0.356 e. The Bertz CT molecular complexity index is 740. The Labute approximate surface area is 163 Å². The van der Waals surface area contributed by atoms with Gasteiger partial charge in [0.1, 0.15) is 11.6 Å². The van der Waals surface area contributed by atoms with Gasteiger partial charge in [-0.3, -0.25) is 0 Å². The molecule has 0 saturated carbocycles. The Hall–Kier alpha value is -2.14. The number of benzene rings is 1. The van der Waals surface area contributed by atoms with Crippen molar-refractivity contribution in [2.24, 2.45) is 5.92 Å². The molecule has 2 aliphatic heterocycles. The van der Waals surface area contributed by atoms with E-state index in [0.29, 0.717) is 0 Å². The molecule has 0 radical (unpaired) electrons. The van der Waals surface area contributed by atoms with Crippen LogP contribution in [0.15, 0.2) is 36.4 Å². The van der Waals surface area contributed by atoms with E-state index in [0.717, 1.165) is 74.8 Å². The highest BCUT2D eigenvalue weighted by Gasteiger charge is 2.22. The molecule has 27 heavy (non-hydrogen) atoms.